The van der Waals surface area contributed by atoms with E-state index in [4.69, 9.17) is 12.2 Å². The zero-order valence-electron chi connectivity index (χ0n) is 24.2. The van der Waals surface area contributed by atoms with E-state index in [-0.39, 0.29) is 30.9 Å². The number of carbonyl (C=O) groups is 2. The molecule has 2 fully saturated rings. The molecule has 2 amide bonds. The maximum atomic E-state index is 15.0. The predicted octanol–water partition coefficient (Wildman–Crippen LogP) is 5.49. The molecule has 0 aromatic heterocycles. The van der Waals surface area contributed by atoms with Gasteiger partial charge < -0.3 is 25.3 Å². The zero-order chi connectivity index (χ0) is 29.7. The van der Waals surface area contributed by atoms with Crippen molar-refractivity contribution in [3.63, 3.8) is 0 Å². The molecule has 0 unspecified atom stereocenters. The van der Waals surface area contributed by atoms with Crippen molar-refractivity contribution in [1.82, 2.24) is 15.1 Å². The smallest absolute Gasteiger partial charge is 0.250 e. The minimum atomic E-state index is -1.12. The Hall–Kier alpha value is -3.98. The van der Waals surface area contributed by atoms with Crippen LogP contribution in [0.5, 0.6) is 0 Å². The third kappa shape index (κ3) is 6.41. The molecule has 220 valence electrons. The molecule has 0 spiro atoms. The van der Waals surface area contributed by atoms with Crippen molar-refractivity contribution in [3.8, 4) is 0 Å². The fraction of sp³-hybridized carbons (Fsp3) is 0.364. The summed E-state index contributed by atoms with van der Waals surface area (Å²) in [5, 5.41) is 6.90. The molecule has 9 heteroatoms. The average molecular weight is 588 g/mol. The number of amides is 2. The van der Waals surface area contributed by atoms with E-state index in [0.717, 1.165) is 30.5 Å². The summed E-state index contributed by atoms with van der Waals surface area (Å²) >= 11 is 5.63. The van der Waals surface area contributed by atoms with Crippen LogP contribution in [0.4, 0.5) is 15.8 Å². The number of anilines is 2. The second kappa shape index (κ2) is 12.9. The summed E-state index contributed by atoms with van der Waals surface area (Å²) in [5.41, 5.74) is 2.01. The normalized spacial score (nSPS) is 17.8. The van der Waals surface area contributed by atoms with Gasteiger partial charge in [0, 0.05) is 44.1 Å². The van der Waals surface area contributed by atoms with Gasteiger partial charge in [-0.25, -0.2) is 4.39 Å². The van der Waals surface area contributed by atoms with Crippen molar-refractivity contribution in [3.05, 3.63) is 95.8 Å². The minimum Gasteiger partial charge on any atom is -0.378 e. The van der Waals surface area contributed by atoms with Gasteiger partial charge in [-0.3, -0.25) is 9.59 Å². The van der Waals surface area contributed by atoms with Crippen LogP contribution in [0.25, 0.3) is 0 Å². The van der Waals surface area contributed by atoms with Gasteiger partial charge in [-0.15, -0.1) is 0 Å². The number of hydrogen-bond donors (Lipinski definition) is 2. The van der Waals surface area contributed by atoms with E-state index in [1.165, 1.54) is 6.07 Å². The number of halogens is 1. The summed E-state index contributed by atoms with van der Waals surface area (Å²) in [7, 11) is 3.92. The number of thiocarbonyl (C=S) groups is 1. The SMILES string of the molecule is CN(C)c1ccc(NC(=O)C2(N(Cc3ccccc3F)C(=O)CN3C[C@@H](c4ccccc4)NC3=S)CCCCC2)cc1. The largest absolute Gasteiger partial charge is 0.378 e. The van der Waals surface area contributed by atoms with Crippen molar-refractivity contribution in [1.29, 1.82) is 0 Å². The molecule has 42 heavy (non-hydrogen) atoms. The zero-order valence-corrected chi connectivity index (χ0v) is 25.0. The number of benzene rings is 3. The van der Waals surface area contributed by atoms with Gasteiger partial charge in [-0.05, 0) is 61.0 Å². The molecule has 0 radical (unpaired) electrons. The quantitative estimate of drug-likeness (QED) is 0.323. The number of rotatable bonds is 9. The third-order valence-electron chi connectivity index (χ3n) is 8.36. The van der Waals surface area contributed by atoms with Crippen LogP contribution in [0.15, 0.2) is 78.9 Å². The average Bonchev–Trinajstić information content (AvgIpc) is 3.37. The van der Waals surface area contributed by atoms with Gasteiger partial charge in [0.25, 0.3) is 0 Å². The fourth-order valence-electron chi connectivity index (χ4n) is 5.97. The molecule has 1 saturated heterocycles. The van der Waals surface area contributed by atoms with Gasteiger partial charge >= 0.3 is 0 Å². The summed E-state index contributed by atoms with van der Waals surface area (Å²) in [4.78, 5) is 33.9. The number of carbonyl (C=O) groups excluding carboxylic acids is 2. The van der Waals surface area contributed by atoms with Crippen molar-refractivity contribution in [2.24, 2.45) is 0 Å². The van der Waals surface area contributed by atoms with E-state index in [2.05, 4.69) is 10.6 Å². The molecule has 0 bridgehead atoms. The summed E-state index contributed by atoms with van der Waals surface area (Å²) < 4.78 is 15.0. The second-order valence-electron chi connectivity index (χ2n) is 11.4. The Bertz CT molecular complexity index is 1410. The highest BCUT2D eigenvalue weighted by atomic mass is 32.1. The lowest BCUT2D eigenvalue weighted by Gasteiger charge is -2.45. The van der Waals surface area contributed by atoms with E-state index >= 15 is 0 Å². The molecular formula is C33H38FN5O2S. The second-order valence-corrected chi connectivity index (χ2v) is 11.7. The van der Waals surface area contributed by atoms with Crippen LogP contribution in [0.3, 0.4) is 0 Å². The Labute approximate surface area is 252 Å². The lowest BCUT2D eigenvalue weighted by atomic mass is 9.78. The topological polar surface area (TPSA) is 67.9 Å². The number of nitrogens with zero attached hydrogens (tertiary/aromatic N) is 3. The van der Waals surface area contributed by atoms with Crippen molar-refractivity contribution in [2.75, 3.05) is 37.4 Å². The van der Waals surface area contributed by atoms with Crippen LogP contribution in [0.2, 0.25) is 0 Å². The van der Waals surface area contributed by atoms with Gasteiger partial charge in [0.1, 0.15) is 11.4 Å². The molecule has 3 aromatic rings. The number of hydrogen-bond acceptors (Lipinski definition) is 4. The highest BCUT2D eigenvalue weighted by molar-refractivity contribution is 7.80. The van der Waals surface area contributed by atoms with Crippen molar-refractivity contribution >= 4 is 40.5 Å². The highest BCUT2D eigenvalue weighted by Gasteiger charge is 2.47. The lowest BCUT2D eigenvalue weighted by molar-refractivity contribution is -0.149. The molecule has 1 aliphatic carbocycles. The Morgan fingerprint density at radius 3 is 2.31 bits per heavy atom. The van der Waals surface area contributed by atoms with Crippen LogP contribution in [0, 0.1) is 5.82 Å². The minimum absolute atomic E-state index is 0.00379. The Morgan fingerprint density at radius 2 is 1.64 bits per heavy atom. The molecule has 2 N–H and O–H groups in total. The van der Waals surface area contributed by atoms with Gasteiger partial charge in [-0.1, -0.05) is 67.8 Å². The van der Waals surface area contributed by atoms with E-state index in [0.29, 0.717) is 35.7 Å². The first-order chi connectivity index (χ1) is 20.3. The summed E-state index contributed by atoms with van der Waals surface area (Å²) in [6.45, 7) is 0.518. The third-order valence-corrected chi connectivity index (χ3v) is 8.74. The van der Waals surface area contributed by atoms with Crippen LogP contribution in [0.1, 0.15) is 49.3 Å². The van der Waals surface area contributed by atoms with Crippen LogP contribution in [-0.4, -0.2) is 59.5 Å². The van der Waals surface area contributed by atoms with Crippen molar-refractivity contribution < 1.29 is 14.0 Å². The van der Waals surface area contributed by atoms with Gasteiger partial charge in [0.05, 0.1) is 12.6 Å². The molecule has 3 aromatic carbocycles. The molecular weight excluding hydrogens is 549 g/mol. The Balaban J connectivity index is 1.44. The van der Waals surface area contributed by atoms with E-state index in [1.54, 1.807) is 23.1 Å². The van der Waals surface area contributed by atoms with Crippen LogP contribution < -0.4 is 15.5 Å². The molecule has 1 saturated carbocycles. The fourth-order valence-corrected chi connectivity index (χ4v) is 6.25. The first-order valence-electron chi connectivity index (χ1n) is 14.5. The molecule has 1 aliphatic heterocycles. The predicted molar refractivity (Wildman–Crippen MR) is 169 cm³/mol. The Morgan fingerprint density at radius 1 is 0.976 bits per heavy atom. The van der Waals surface area contributed by atoms with Gasteiger partial charge in [0.15, 0.2) is 5.11 Å². The van der Waals surface area contributed by atoms with Crippen LogP contribution >= 0.6 is 12.2 Å². The molecule has 5 rings (SSSR count). The van der Waals surface area contributed by atoms with E-state index in [1.807, 2.05) is 78.5 Å². The van der Waals surface area contributed by atoms with Gasteiger partial charge in [-0.2, -0.15) is 0 Å². The van der Waals surface area contributed by atoms with E-state index < -0.39 is 11.4 Å². The molecule has 7 nitrogen and oxygen atoms in total. The summed E-state index contributed by atoms with van der Waals surface area (Å²) in [6.07, 6.45) is 3.59. The van der Waals surface area contributed by atoms with E-state index in [9.17, 15) is 14.0 Å². The first kappa shape index (κ1) is 29.5. The molecule has 1 heterocycles. The molecule has 1 atom stereocenters. The maximum absolute atomic E-state index is 15.0. The summed E-state index contributed by atoms with van der Waals surface area (Å²) in [5.74, 6) is -0.895. The Kier molecular flexibility index (Phi) is 9.06. The number of nitrogens with one attached hydrogen (secondary N) is 2. The molecule has 2 aliphatic rings. The van der Waals surface area contributed by atoms with Crippen molar-refractivity contribution in [2.45, 2.75) is 50.2 Å². The van der Waals surface area contributed by atoms with Crippen LogP contribution in [-0.2, 0) is 16.1 Å². The summed E-state index contributed by atoms with van der Waals surface area (Å²) in [6, 6.07) is 24.0. The first-order valence-corrected chi connectivity index (χ1v) is 14.9. The highest BCUT2D eigenvalue weighted by Crippen LogP contribution is 2.37. The van der Waals surface area contributed by atoms with Gasteiger partial charge in [0.2, 0.25) is 11.8 Å². The standard InChI is InChI=1S/C33H38FN5O2S/c1-37(2)27-17-15-26(16-18-27)35-31(41)33(19-9-4-10-20-33)39(21-25-13-7-8-14-28(25)34)30(40)23-38-22-29(36-32(38)42)24-11-5-3-6-12-24/h3,5-8,11-18,29H,4,9-10,19-23H2,1-2H3,(H,35,41)(H,36,42)/t29-/m0/s1. The maximum Gasteiger partial charge on any atom is 0.250 e. The monoisotopic (exact) mass is 587 g/mol. The lowest BCUT2D eigenvalue weighted by Crippen LogP contribution is -2.61.